The molecule has 0 unspecified atom stereocenters. The van der Waals surface area contributed by atoms with Gasteiger partial charge in [0.2, 0.25) is 5.91 Å². The van der Waals surface area contributed by atoms with E-state index in [0.717, 1.165) is 46.6 Å². The smallest absolute Gasteiger partial charge is 0.325 e. The summed E-state index contributed by atoms with van der Waals surface area (Å²) in [4.78, 5) is 46.7. The summed E-state index contributed by atoms with van der Waals surface area (Å²) in [5.41, 5.74) is 4.96. The first-order valence-electron chi connectivity index (χ1n) is 16.7. The van der Waals surface area contributed by atoms with Crippen molar-refractivity contribution in [3.05, 3.63) is 102 Å². The van der Waals surface area contributed by atoms with Gasteiger partial charge in [-0.25, -0.2) is 9.97 Å². The highest BCUT2D eigenvalue weighted by Gasteiger charge is 2.25. The normalized spacial score (nSPS) is 12.3. The van der Waals surface area contributed by atoms with Crippen LogP contribution in [0.4, 0.5) is 0 Å². The van der Waals surface area contributed by atoms with Crippen LogP contribution < -0.4 is 15.4 Å². The van der Waals surface area contributed by atoms with Gasteiger partial charge in [0.1, 0.15) is 17.8 Å². The average Bonchev–Trinajstić information content (AvgIpc) is 3.10. The van der Waals surface area contributed by atoms with Gasteiger partial charge >= 0.3 is 5.97 Å². The molecule has 0 saturated heterocycles. The van der Waals surface area contributed by atoms with Crippen molar-refractivity contribution in [2.75, 3.05) is 6.61 Å². The minimum atomic E-state index is -1.16. The number of aromatic nitrogens is 2. The number of benzene rings is 3. The van der Waals surface area contributed by atoms with Crippen LogP contribution in [0.1, 0.15) is 87.2 Å². The molecule has 0 aliphatic carbocycles. The zero-order valence-electron chi connectivity index (χ0n) is 28.2. The molecule has 0 aliphatic rings. The minimum Gasteiger partial charge on any atom is -0.494 e. The summed E-state index contributed by atoms with van der Waals surface area (Å²) < 4.78 is 5.88. The molecule has 4 aromatic rings. The Balaban J connectivity index is 1.39. The fourth-order valence-electron chi connectivity index (χ4n) is 5.14. The Labute approximate surface area is 283 Å². The number of nitrogens with one attached hydrogen (secondary N) is 2. The number of hydrogen-bond donors (Lipinski definition) is 3. The third-order valence-electron chi connectivity index (χ3n) is 8.20. The van der Waals surface area contributed by atoms with E-state index in [1.807, 2.05) is 60.7 Å². The zero-order valence-corrected chi connectivity index (χ0v) is 28.2. The number of amides is 2. The number of aliphatic carboxylic acids is 1. The van der Waals surface area contributed by atoms with E-state index in [4.69, 9.17) is 4.74 Å². The molecule has 0 saturated carbocycles. The number of carbonyl (C=O) groups excluding carboxylic acids is 2. The number of ether oxygens (including phenoxy) is 1. The minimum absolute atomic E-state index is 0.159. The molecule has 252 valence electrons. The number of hydrogen-bond acceptors (Lipinski definition) is 6. The van der Waals surface area contributed by atoms with Crippen LogP contribution in [-0.4, -0.2) is 51.5 Å². The van der Waals surface area contributed by atoms with Gasteiger partial charge in [-0.2, -0.15) is 0 Å². The van der Waals surface area contributed by atoms with Crippen LogP contribution >= 0.6 is 0 Å². The average molecular weight is 651 g/mol. The molecule has 3 N–H and O–H groups in total. The maximum Gasteiger partial charge on any atom is 0.325 e. The summed E-state index contributed by atoms with van der Waals surface area (Å²) >= 11 is 0. The monoisotopic (exact) mass is 650 g/mol. The molecule has 1 heterocycles. The first-order valence-corrected chi connectivity index (χ1v) is 16.7. The second kappa shape index (κ2) is 17.8. The Morgan fingerprint density at radius 1 is 0.750 bits per heavy atom. The lowest BCUT2D eigenvalue weighted by atomic mass is 10.0. The van der Waals surface area contributed by atoms with Gasteiger partial charge in [-0.1, -0.05) is 95.0 Å². The van der Waals surface area contributed by atoms with E-state index in [-0.39, 0.29) is 6.42 Å². The van der Waals surface area contributed by atoms with Crippen LogP contribution in [-0.2, 0) is 16.0 Å². The van der Waals surface area contributed by atoms with Crippen molar-refractivity contribution in [2.24, 2.45) is 0 Å². The maximum atomic E-state index is 13.1. The lowest BCUT2D eigenvalue weighted by molar-refractivity contribution is -0.141. The molecule has 2 amide bonds. The van der Waals surface area contributed by atoms with Crippen LogP contribution in [0.5, 0.6) is 5.75 Å². The maximum absolute atomic E-state index is 13.1. The summed E-state index contributed by atoms with van der Waals surface area (Å²) in [5.74, 6) is -0.446. The summed E-state index contributed by atoms with van der Waals surface area (Å²) in [5, 5.41) is 14.6. The Bertz CT molecular complexity index is 1620. The Kier molecular flexibility index (Phi) is 13.2. The molecule has 0 fully saturated rings. The quantitative estimate of drug-likeness (QED) is 0.103. The highest BCUT2D eigenvalue weighted by atomic mass is 16.5. The molecular weight excluding hydrogens is 604 g/mol. The fraction of sp³-hybridized carbons (Fsp3) is 0.359. The largest absolute Gasteiger partial charge is 0.494 e. The molecule has 1 aromatic heterocycles. The van der Waals surface area contributed by atoms with Gasteiger partial charge in [0.05, 0.1) is 6.61 Å². The summed E-state index contributed by atoms with van der Waals surface area (Å²) in [7, 11) is 0. The zero-order chi connectivity index (χ0) is 34.5. The second-order valence-electron chi connectivity index (χ2n) is 12.4. The summed E-state index contributed by atoms with van der Waals surface area (Å²) in [6, 6.07) is 20.5. The van der Waals surface area contributed by atoms with Crippen molar-refractivity contribution < 1.29 is 24.2 Å². The predicted molar refractivity (Wildman–Crippen MR) is 188 cm³/mol. The van der Waals surface area contributed by atoms with Crippen molar-refractivity contribution in [1.29, 1.82) is 0 Å². The van der Waals surface area contributed by atoms with E-state index >= 15 is 0 Å². The summed E-state index contributed by atoms with van der Waals surface area (Å²) in [6.07, 6.45) is 9.74. The van der Waals surface area contributed by atoms with E-state index in [9.17, 15) is 19.5 Å². The Hall–Kier alpha value is -5.05. The molecule has 2 atom stereocenters. The van der Waals surface area contributed by atoms with E-state index in [0.29, 0.717) is 17.3 Å². The third-order valence-corrected chi connectivity index (χ3v) is 8.20. The topological polar surface area (TPSA) is 131 Å². The predicted octanol–water partition coefficient (Wildman–Crippen LogP) is 7.21. The van der Waals surface area contributed by atoms with Gasteiger partial charge in [-0.15, -0.1) is 0 Å². The van der Waals surface area contributed by atoms with Gasteiger partial charge in [-0.05, 0) is 60.2 Å². The van der Waals surface area contributed by atoms with Crippen LogP contribution in [0.25, 0.3) is 22.5 Å². The van der Waals surface area contributed by atoms with Crippen molar-refractivity contribution in [3.8, 4) is 28.3 Å². The highest BCUT2D eigenvalue weighted by molar-refractivity contribution is 5.98. The van der Waals surface area contributed by atoms with E-state index in [2.05, 4.69) is 41.4 Å². The lowest BCUT2D eigenvalue weighted by Crippen LogP contribution is -2.51. The van der Waals surface area contributed by atoms with Gasteiger partial charge in [0.15, 0.2) is 5.82 Å². The number of nitrogens with zero attached hydrogens (tertiary/aromatic N) is 2. The van der Waals surface area contributed by atoms with Gasteiger partial charge < -0.3 is 20.5 Å². The van der Waals surface area contributed by atoms with Crippen LogP contribution in [0.2, 0.25) is 0 Å². The van der Waals surface area contributed by atoms with Crippen molar-refractivity contribution >= 4 is 17.8 Å². The molecule has 9 nitrogen and oxygen atoms in total. The molecule has 48 heavy (non-hydrogen) atoms. The molecule has 4 rings (SSSR count). The third kappa shape index (κ3) is 10.5. The SMILES string of the molecule is CCCCCCCOc1ccc(-c2cnc(-c3ccc(C[C@H](NC(=O)c4ccc(C(C)C)cc4)C(=O)N[C@@H](C)C(=O)O)cc3)nc2)cc1. The molecule has 0 bridgehead atoms. The fourth-order valence-corrected chi connectivity index (χ4v) is 5.14. The molecule has 9 heteroatoms. The highest BCUT2D eigenvalue weighted by Crippen LogP contribution is 2.24. The lowest BCUT2D eigenvalue weighted by Gasteiger charge is -2.20. The molecule has 0 spiro atoms. The second-order valence-corrected chi connectivity index (χ2v) is 12.4. The molecule has 0 aliphatic heterocycles. The van der Waals surface area contributed by atoms with Crippen molar-refractivity contribution in [3.63, 3.8) is 0 Å². The first-order chi connectivity index (χ1) is 23.1. The Morgan fingerprint density at radius 2 is 1.38 bits per heavy atom. The van der Waals surface area contributed by atoms with Gasteiger partial charge in [0, 0.05) is 35.5 Å². The molecule has 0 radical (unpaired) electrons. The van der Waals surface area contributed by atoms with E-state index in [1.54, 1.807) is 24.5 Å². The molecular formula is C39H46N4O5. The van der Waals surface area contributed by atoms with Gasteiger partial charge in [-0.3, -0.25) is 14.4 Å². The van der Waals surface area contributed by atoms with Crippen LogP contribution in [0, 0.1) is 0 Å². The van der Waals surface area contributed by atoms with Crippen molar-refractivity contribution in [1.82, 2.24) is 20.6 Å². The van der Waals surface area contributed by atoms with E-state index in [1.165, 1.54) is 32.6 Å². The standard InChI is InChI=1S/C39H46N4O5/c1-5-6-7-8-9-22-48-34-20-18-30(19-21-34)33-24-40-36(41-25-33)31-12-10-28(11-13-31)23-35(38(45)42-27(4)39(46)47)43-37(44)32-16-14-29(15-17-32)26(2)3/h10-21,24-27,35H,5-9,22-23H2,1-4H3,(H,42,45)(H,43,44)(H,46,47)/t27-,35-/m0/s1. The number of carboxylic acid groups (broad SMARTS) is 1. The van der Waals surface area contributed by atoms with E-state index < -0.39 is 29.9 Å². The molecule has 3 aromatic carbocycles. The van der Waals surface area contributed by atoms with Gasteiger partial charge in [0.25, 0.3) is 5.91 Å². The summed E-state index contributed by atoms with van der Waals surface area (Å²) in [6.45, 7) is 8.45. The van der Waals surface area contributed by atoms with Crippen LogP contribution in [0.15, 0.2) is 85.2 Å². The van der Waals surface area contributed by atoms with Crippen molar-refractivity contribution in [2.45, 2.75) is 84.2 Å². The Morgan fingerprint density at radius 3 is 1.98 bits per heavy atom. The number of carboxylic acids is 1. The number of rotatable bonds is 17. The number of carbonyl (C=O) groups is 3. The number of unbranched alkanes of at least 4 members (excludes halogenated alkanes) is 4. The van der Waals surface area contributed by atoms with Crippen LogP contribution in [0.3, 0.4) is 0 Å². The first kappa shape index (κ1) is 35.8.